The molecule has 0 saturated heterocycles. The summed E-state index contributed by atoms with van der Waals surface area (Å²) in [6, 6.07) is 9.67. The van der Waals surface area contributed by atoms with E-state index in [1.807, 2.05) is 0 Å². The molecule has 0 spiro atoms. The van der Waals surface area contributed by atoms with E-state index in [0.717, 1.165) is 0 Å². The Hall–Kier alpha value is -2.54. The summed E-state index contributed by atoms with van der Waals surface area (Å²) < 4.78 is 20.0. The minimum absolute atomic E-state index is 0.0276. The Morgan fingerprint density at radius 2 is 2.08 bits per heavy atom. The fraction of sp³-hybridized carbons (Fsp3) is 0.118. The molecule has 0 radical (unpaired) electrons. The topological polar surface area (TPSA) is 68.0 Å². The predicted octanol–water partition coefficient (Wildman–Crippen LogP) is 4.13. The van der Waals surface area contributed by atoms with E-state index in [4.69, 9.17) is 4.42 Å². The van der Waals surface area contributed by atoms with Crippen LogP contribution in [0.3, 0.4) is 0 Å². The largest absolute Gasteiger partial charge is 0.441 e. The van der Waals surface area contributed by atoms with E-state index in [2.05, 4.69) is 31.2 Å². The van der Waals surface area contributed by atoms with Crippen LogP contribution in [0.25, 0.3) is 11.5 Å². The third-order valence-corrected chi connectivity index (χ3v) is 3.81. The number of rotatable bonds is 4. The molecule has 1 N–H and O–H groups in total. The van der Waals surface area contributed by atoms with Crippen molar-refractivity contribution in [1.29, 1.82) is 0 Å². The average Bonchev–Trinajstić information content (AvgIpc) is 2.90. The third-order valence-electron chi connectivity index (χ3n) is 3.34. The van der Waals surface area contributed by atoms with Crippen molar-refractivity contribution < 1.29 is 13.6 Å². The van der Waals surface area contributed by atoms with Crippen LogP contribution in [0.2, 0.25) is 0 Å². The zero-order chi connectivity index (χ0) is 17.1. The second kappa shape index (κ2) is 6.92. The molecule has 2 aromatic heterocycles. The maximum atomic E-state index is 13.8. The number of carbonyl (C=O) groups excluding carboxylic acids is 1. The van der Waals surface area contributed by atoms with Crippen molar-refractivity contribution in [3.05, 3.63) is 64.5 Å². The number of benzene rings is 1. The van der Waals surface area contributed by atoms with Crippen LogP contribution >= 0.6 is 15.9 Å². The van der Waals surface area contributed by atoms with E-state index >= 15 is 0 Å². The van der Waals surface area contributed by atoms with Crippen molar-refractivity contribution in [2.45, 2.75) is 13.3 Å². The SMILES string of the molecule is Cc1oc(-c2ccccc2F)nc1CC(=O)Nc1ccc(Br)nc1. The van der Waals surface area contributed by atoms with Gasteiger partial charge in [0.05, 0.1) is 29.6 Å². The summed E-state index contributed by atoms with van der Waals surface area (Å²) in [6.07, 6.45) is 1.57. The van der Waals surface area contributed by atoms with E-state index < -0.39 is 5.82 Å². The van der Waals surface area contributed by atoms with Crippen LogP contribution in [0.1, 0.15) is 11.5 Å². The van der Waals surface area contributed by atoms with E-state index in [0.29, 0.717) is 21.7 Å². The van der Waals surface area contributed by atoms with E-state index in [-0.39, 0.29) is 23.8 Å². The number of aromatic nitrogens is 2. The number of nitrogens with one attached hydrogen (secondary N) is 1. The van der Waals surface area contributed by atoms with Gasteiger partial charge in [0.25, 0.3) is 0 Å². The van der Waals surface area contributed by atoms with Gasteiger partial charge >= 0.3 is 0 Å². The summed E-state index contributed by atoms with van der Waals surface area (Å²) in [7, 11) is 0. The Bertz CT molecular complexity index is 878. The molecule has 122 valence electrons. The van der Waals surface area contributed by atoms with Crippen LogP contribution in [0, 0.1) is 12.7 Å². The quantitative estimate of drug-likeness (QED) is 0.681. The first-order chi connectivity index (χ1) is 11.5. The van der Waals surface area contributed by atoms with Gasteiger partial charge in [-0.15, -0.1) is 0 Å². The minimum atomic E-state index is -0.421. The van der Waals surface area contributed by atoms with Gasteiger partial charge in [0.1, 0.15) is 16.2 Å². The summed E-state index contributed by atoms with van der Waals surface area (Å²) in [5, 5.41) is 2.73. The molecule has 1 aromatic carbocycles. The first-order valence-electron chi connectivity index (χ1n) is 7.15. The molecule has 2 heterocycles. The second-order valence-electron chi connectivity index (χ2n) is 5.10. The summed E-state index contributed by atoms with van der Waals surface area (Å²) in [6.45, 7) is 1.70. The maximum Gasteiger partial charge on any atom is 0.230 e. The lowest BCUT2D eigenvalue weighted by molar-refractivity contribution is -0.115. The van der Waals surface area contributed by atoms with Crippen LogP contribution < -0.4 is 5.32 Å². The maximum absolute atomic E-state index is 13.8. The molecule has 5 nitrogen and oxygen atoms in total. The van der Waals surface area contributed by atoms with Crippen molar-refractivity contribution in [1.82, 2.24) is 9.97 Å². The van der Waals surface area contributed by atoms with E-state index in [1.165, 1.54) is 6.07 Å². The smallest absolute Gasteiger partial charge is 0.230 e. The Balaban J connectivity index is 1.75. The van der Waals surface area contributed by atoms with Gasteiger partial charge in [-0.2, -0.15) is 0 Å². The fourth-order valence-electron chi connectivity index (χ4n) is 2.15. The molecule has 0 aliphatic heterocycles. The van der Waals surface area contributed by atoms with Gasteiger partial charge in [-0.05, 0) is 47.1 Å². The minimum Gasteiger partial charge on any atom is -0.441 e. The van der Waals surface area contributed by atoms with Gasteiger partial charge in [0.15, 0.2) is 0 Å². The summed E-state index contributed by atoms with van der Waals surface area (Å²) in [5.74, 6) is -0.0256. The van der Waals surface area contributed by atoms with Gasteiger partial charge in [0, 0.05) is 0 Å². The molecule has 0 aliphatic carbocycles. The third kappa shape index (κ3) is 3.68. The fourth-order valence-corrected chi connectivity index (χ4v) is 2.38. The Kier molecular flexibility index (Phi) is 4.71. The summed E-state index contributed by atoms with van der Waals surface area (Å²) in [4.78, 5) is 20.4. The van der Waals surface area contributed by atoms with Crippen molar-refractivity contribution >= 4 is 27.5 Å². The van der Waals surface area contributed by atoms with Gasteiger partial charge < -0.3 is 9.73 Å². The lowest BCUT2D eigenvalue weighted by atomic mass is 10.2. The number of halogens is 2. The molecule has 3 rings (SSSR count). The Morgan fingerprint density at radius 3 is 2.79 bits per heavy atom. The van der Waals surface area contributed by atoms with Crippen molar-refractivity contribution in [2.75, 3.05) is 5.32 Å². The van der Waals surface area contributed by atoms with Crippen LogP contribution in [-0.2, 0) is 11.2 Å². The van der Waals surface area contributed by atoms with Crippen LogP contribution in [0.5, 0.6) is 0 Å². The first-order valence-corrected chi connectivity index (χ1v) is 7.95. The number of oxazole rings is 1. The van der Waals surface area contributed by atoms with Crippen LogP contribution in [0.15, 0.2) is 51.6 Å². The highest BCUT2D eigenvalue weighted by Crippen LogP contribution is 2.24. The number of pyridine rings is 1. The number of nitrogens with zero attached hydrogens (tertiary/aromatic N) is 2. The van der Waals surface area contributed by atoms with Gasteiger partial charge in [0.2, 0.25) is 11.8 Å². The highest BCUT2D eigenvalue weighted by Gasteiger charge is 2.17. The molecule has 24 heavy (non-hydrogen) atoms. The molecule has 0 unspecified atom stereocenters. The number of anilines is 1. The van der Waals surface area contributed by atoms with Gasteiger partial charge in [-0.1, -0.05) is 12.1 Å². The highest BCUT2D eigenvalue weighted by molar-refractivity contribution is 9.10. The molecule has 1 amide bonds. The zero-order valence-electron chi connectivity index (χ0n) is 12.7. The summed E-state index contributed by atoms with van der Waals surface area (Å²) in [5.41, 5.74) is 1.32. The van der Waals surface area contributed by atoms with Crippen LogP contribution in [-0.4, -0.2) is 15.9 Å². The predicted molar refractivity (Wildman–Crippen MR) is 90.9 cm³/mol. The lowest BCUT2D eigenvalue weighted by Crippen LogP contribution is -2.15. The van der Waals surface area contributed by atoms with E-state index in [9.17, 15) is 9.18 Å². The summed E-state index contributed by atoms with van der Waals surface area (Å²) >= 11 is 3.23. The van der Waals surface area contributed by atoms with Crippen LogP contribution in [0.4, 0.5) is 10.1 Å². The Morgan fingerprint density at radius 1 is 1.29 bits per heavy atom. The number of hydrogen-bond donors (Lipinski definition) is 1. The molecule has 0 saturated carbocycles. The monoisotopic (exact) mass is 389 g/mol. The molecule has 0 bridgehead atoms. The first kappa shape index (κ1) is 16.3. The average molecular weight is 390 g/mol. The molecule has 7 heteroatoms. The number of amides is 1. The molecule has 3 aromatic rings. The van der Waals surface area contributed by atoms with Crippen molar-refractivity contribution in [2.24, 2.45) is 0 Å². The molecular formula is C17H13BrFN3O2. The van der Waals surface area contributed by atoms with Crippen molar-refractivity contribution in [3.8, 4) is 11.5 Å². The lowest BCUT2D eigenvalue weighted by Gasteiger charge is -2.03. The normalized spacial score (nSPS) is 10.6. The van der Waals surface area contributed by atoms with Gasteiger partial charge in [-0.3, -0.25) is 4.79 Å². The zero-order valence-corrected chi connectivity index (χ0v) is 14.3. The molecule has 0 aliphatic rings. The second-order valence-corrected chi connectivity index (χ2v) is 5.91. The van der Waals surface area contributed by atoms with E-state index in [1.54, 1.807) is 43.5 Å². The Labute approximate surface area is 146 Å². The standard InChI is InChI=1S/C17H13BrFN3O2/c1-10-14(8-16(23)21-11-6-7-15(18)20-9-11)22-17(24-10)12-4-2-3-5-13(12)19/h2-7,9H,8H2,1H3,(H,21,23). The molecule has 0 fully saturated rings. The number of aryl methyl sites for hydroxylation is 1. The molecular weight excluding hydrogens is 377 g/mol. The number of carbonyl (C=O) groups is 1. The van der Waals surface area contributed by atoms with Gasteiger partial charge in [-0.25, -0.2) is 14.4 Å². The number of hydrogen-bond acceptors (Lipinski definition) is 4. The van der Waals surface area contributed by atoms with Crippen molar-refractivity contribution in [3.63, 3.8) is 0 Å². The highest BCUT2D eigenvalue weighted by atomic mass is 79.9. The molecule has 0 atom stereocenters.